The molecule has 3 rings (SSSR count). The Kier molecular flexibility index (Phi) is 3.72. The summed E-state index contributed by atoms with van der Waals surface area (Å²) >= 11 is 5.95. The SMILES string of the molecule is COc1c(Cl)ncnc1OC1CC2COCC(C1)N2. The number of halogens is 1. The van der Waals surface area contributed by atoms with E-state index in [0.717, 1.165) is 26.1 Å². The van der Waals surface area contributed by atoms with Gasteiger partial charge in [0.15, 0.2) is 5.15 Å². The second kappa shape index (κ2) is 5.48. The third-order valence-electron chi connectivity index (χ3n) is 3.41. The lowest BCUT2D eigenvalue weighted by atomic mass is 9.95. The van der Waals surface area contributed by atoms with Crippen LogP contribution in [0.1, 0.15) is 12.8 Å². The number of ether oxygens (including phenoxy) is 3. The Morgan fingerprint density at radius 1 is 1.32 bits per heavy atom. The van der Waals surface area contributed by atoms with E-state index < -0.39 is 0 Å². The van der Waals surface area contributed by atoms with E-state index >= 15 is 0 Å². The maximum absolute atomic E-state index is 5.95. The van der Waals surface area contributed by atoms with Crippen LogP contribution in [0.5, 0.6) is 11.6 Å². The first-order valence-corrected chi connectivity index (χ1v) is 6.69. The predicted molar refractivity (Wildman–Crippen MR) is 68.8 cm³/mol. The van der Waals surface area contributed by atoms with E-state index in [1.54, 1.807) is 0 Å². The van der Waals surface area contributed by atoms with Crippen molar-refractivity contribution >= 4 is 11.6 Å². The van der Waals surface area contributed by atoms with Gasteiger partial charge in [-0.15, -0.1) is 0 Å². The third-order valence-corrected chi connectivity index (χ3v) is 3.68. The monoisotopic (exact) mass is 285 g/mol. The highest BCUT2D eigenvalue weighted by Gasteiger charge is 2.33. The number of nitrogens with zero attached hydrogens (tertiary/aromatic N) is 2. The first kappa shape index (κ1) is 12.9. The zero-order chi connectivity index (χ0) is 13.2. The van der Waals surface area contributed by atoms with Crippen molar-refractivity contribution in [1.82, 2.24) is 15.3 Å². The molecule has 2 fully saturated rings. The zero-order valence-electron chi connectivity index (χ0n) is 10.6. The summed E-state index contributed by atoms with van der Waals surface area (Å²) in [7, 11) is 1.53. The number of piperidine rings is 1. The van der Waals surface area contributed by atoms with Crippen LogP contribution in [-0.4, -0.2) is 48.5 Å². The molecule has 2 aliphatic heterocycles. The van der Waals surface area contributed by atoms with Gasteiger partial charge in [0.05, 0.1) is 20.3 Å². The zero-order valence-corrected chi connectivity index (χ0v) is 11.4. The fraction of sp³-hybridized carbons (Fsp3) is 0.667. The van der Waals surface area contributed by atoms with Crippen molar-refractivity contribution in [3.63, 3.8) is 0 Å². The molecule has 2 saturated heterocycles. The number of morpholine rings is 1. The van der Waals surface area contributed by atoms with Gasteiger partial charge in [0.1, 0.15) is 12.4 Å². The summed E-state index contributed by atoms with van der Waals surface area (Å²) < 4.78 is 16.6. The van der Waals surface area contributed by atoms with Gasteiger partial charge in [-0.2, -0.15) is 4.98 Å². The highest BCUT2D eigenvalue weighted by molar-refractivity contribution is 6.31. The molecule has 104 valence electrons. The number of methoxy groups -OCH3 is 1. The molecule has 2 bridgehead atoms. The van der Waals surface area contributed by atoms with Crippen molar-refractivity contribution in [2.75, 3.05) is 20.3 Å². The summed E-state index contributed by atoms with van der Waals surface area (Å²) in [6.45, 7) is 1.47. The Hall–Kier alpha value is -1.11. The number of hydrogen-bond acceptors (Lipinski definition) is 6. The molecule has 0 aliphatic carbocycles. The average molecular weight is 286 g/mol. The largest absolute Gasteiger partial charge is 0.489 e. The van der Waals surface area contributed by atoms with Crippen LogP contribution in [0.25, 0.3) is 0 Å². The molecule has 2 unspecified atom stereocenters. The highest BCUT2D eigenvalue weighted by atomic mass is 35.5. The lowest BCUT2D eigenvalue weighted by Gasteiger charge is -2.39. The van der Waals surface area contributed by atoms with Crippen LogP contribution in [0.4, 0.5) is 0 Å². The van der Waals surface area contributed by atoms with Crippen LogP contribution in [-0.2, 0) is 4.74 Å². The summed E-state index contributed by atoms with van der Waals surface area (Å²) in [5.41, 5.74) is 0. The lowest BCUT2D eigenvalue weighted by Crippen LogP contribution is -2.56. The summed E-state index contributed by atoms with van der Waals surface area (Å²) in [5.74, 6) is 0.803. The molecular formula is C12H16ClN3O3. The van der Waals surface area contributed by atoms with Gasteiger partial charge in [-0.05, 0) is 0 Å². The van der Waals surface area contributed by atoms with Crippen LogP contribution in [0.2, 0.25) is 5.15 Å². The van der Waals surface area contributed by atoms with E-state index in [-0.39, 0.29) is 11.3 Å². The summed E-state index contributed by atoms with van der Waals surface area (Å²) in [6.07, 6.45) is 3.26. The first-order chi connectivity index (χ1) is 9.26. The molecule has 2 atom stereocenters. The van der Waals surface area contributed by atoms with Gasteiger partial charge >= 0.3 is 0 Å². The van der Waals surface area contributed by atoms with Gasteiger partial charge in [0.25, 0.3) is 5.88 Å². The van der Waals surface area contributed by atoms with Crippen LogP contribution < -0.4 is 14.8 Å². The number of aromatic nitrogens is 2. The maximum Gasteiger partial charge on any atom is 0.262 e. The third kappa shape index (κ3) is 2.75. The second-order valence-corrected chi connectivity index (χ2v) is 5.17. The van der Waals surface area contributed by atoms with Crippen molar-refractivity contribution in [2.24, 2.45) is 0 Å². The lowest BCUT2D eigenvalue weighted by molar-refractivity contribution is -0.0138. The van der Waals surface area contributed by atoms with Crippen LogP contribution in [0.3, 0.4) is 0 Å². The van der Waals surface area contributed by atoms with E-state index in [9.17, 15) is 0 Å². The van der Waals surface area contributed by atoms with E-state index in [0.29, 0.717) is 23.7 Å². The molecule has 0 spiro atoms. The van der Waals surface area contributed by atoms with Gasteiger partial charge < -0.3 is 19.5 Å². The van der Waals surface area contributed by atoms with Gasteiger partial charge in [-0.1, -0.05) is 11.6 Å². The minimum Gasteiger partial charge on any atom is -0.489 e. The van der Waals surface area contributed by atoms with E-state index in [2.05, 4.69) is 15.3 Å². The molecule has 1 N–H and O–H groups in total. The molecular weight excluding hydrogens is 270 g/mol. The molecule has 3 heterocycles. The second-order valence-electron chi connectivity index (χ2n) is 4.81. The van der Waals surface area contributed by atoms with Gasteiger partial charge in [0.2, 0.25) is 5.75 Å². The maximum atomic E-state index is 5.95. The quantitative estimate of drug-likeness (QED) is 0.837. The number of fused-ring (bicyclic) bond motifs is 2. The molecule has 1 aromatic rings. The van der Waals surface area contributed by atoms with E-state index in [4.69, 9.17) is 25.8 Å². The predicted octanol–water partition coefficient (Wildman–Crippen LogP) is 1.04. The number of rotatable bonds is 3. The molecule has 2 aliphatic rings. The van der Waals surface area contributed by atoms with Crippen molar-refractivity contribution in [3.8, 4) is 11.6 Å². The molecule has 0 radical (unpaired) electrons. The Morgan fingerprint density at radius 2 is 2.05 bits per heavy atom. The normalized spacial score (nSPS) is 29.9. The number of nitrogens with one attached hydrogen (secondary N) is 1. The molecule has 1 aromatic heterocycles. The molecule has 0 saturated carbocycles. The molecule has 0 amide bonds. The molecule has 0 aromatic carbocycles. The Morgan fingerprint density at radius 3 is 2.74 bits per heavy atom. The molecule has 6 nitrogen and oxygen atoms in total. The summed E-state index contributed by atoms with van der Waals surface area (Å²) in [5, 5.41) is 3.78. The smallest absolute Gasteiger partial charge is 0.262 e. The first-order valence-electron chi connectivity index (χ1n) is 6.31. The van der Waals surface area contributed by atoms with Gasteiger partial charge in [-0.25, -0.2) is 4.98 Å². The van der Waals surface area contributed by atoms with Crippen molar-refractivity contribution in [2.45, 2.75) is 31.0 Å². The minimum atomic E-state index is 0.0972. The van der Waals surface area contributed by atoms with Crippen molar-refractivity contribution in [3.05, 3.63) is 11.5 Å². The van der Waals surface area contributed by atoms with Crippen LogP contribution in [0, 0.1) is 0 Å². The topological polar surface area (TPSA) is 65.5 Å². The van der Waals surface area contributed by atoms with Crippen molar-refractivity contribution in [1.29, 1.82) is 0 Å². The van der Waals surface area contributed by atoms with E-state index in [1.807, 2.05) is 0 Å². The fourth-order valence-electron chi connectivity index (χ4n) is 2.63. The van der Waals surface area contributed by atoms with Crippen molar-refractivity contribution < 1.29 is 14.2 Å². The molecule has 7 heteroatoms. The van der Waals surface area contributed by atoms with Crippen LogP contribution >= 0.6 is 11.6 Å². The Bertz CT molecular complexity index is 448. The van der Waals surface area contributed by atoms with Gasteiger partial charge in [0, 0.05) is 24.9 Å². The molecule has 19 heavy (non-hydrogen) atoms. The average Bonchev–Trinajstić information content (AvgIpc) is 2.38. The Balaban J connectivity index is 1.73. The van der Waals surface area contributed by atoms with E-state index in [1.165, 1.54) is 13.4 Å². The standard InChI is InChI=1S/C12H16ClN3O3/c1-17-10-11(13)14-6-15-12(10)19-9-2-7-4-18-5-8(3-9)16-7/h6-9,16H,2-5H2,1H3. The Labute approximate surface area is 116 Å². The van der Waals surface area contributed by atoms with Gasteiger partial charge in [-0.3, -0.25) is 0 Å². The minimum absolute atomic E-state index is 0.0972. The fourth-order valence-corrected chi connectivity index (χ4v) is 2.83. The highest BCUT2D eigenvalue weighted by Crippen LogP contribution is 2.33. The number of hydrogen-bond donors (Lipinski definition) is 1. The summed E-state index contributed by atoms with van der Waals surface area (Å²) in [6, 6.07) is 0.696. The van der Waals surface area contributed by atoms with Crippen LogP contribution in [0.15, 0.2) is 6.33 Å². The summed E-state index contributed by atoms with van der Waals surface area (Å²) in [4.78, 5) is 7.98.